The van der Waals surface area contributed by atoms with Crippen LogP contribution in [0, 0.1) is 17.8 Å². The Morgan fingerprint density at radius 2 is 1.93 bits per heavy atom. The number of carboxylic acids is 1. The molecule has 6 heteroatoms. The molecule has 2 fully saturated rings. The Balaban J connectivity index is 1.50. The van der Waals surface area contributed by atoms with E-state index in [1.54, 1.807) is 0 Å². The minimum Gasteiger partial charge on any atom is -0.489 e. The van der Waals surface area contributed by atoms with E-state index in [1.165, 1.54) is 55.4 Å². The zero-order valence-corrected chi connectivity index (χ0v) is 17.1. The molecule has 0 radical (unpaired) electrons. The van der Waals surface area contributed by atoms with Crippen LogP contribution in [0.25, 0.3) is 0 Å². The molecule has 30 heavy (non-hydrogen) atoms. The van der Waals surface area contributed by atoms with Crippen molar-refractivity contribution < 1.29 is 27.8 Å². The molecule has 3 aliphatic rings. The van der Waals surface area contributed by atoms with Crippen LogP contribution in [0.5, 0.6) is 5.75 Å². The van der Waals surface area contributed by atoms with Crippen molar-refractivity contribution in [1.82, 2.24) is 0 Å². The number of aryl methyl sites for hydroxylation is 1. The fourth-order valence-electron chi connectivity index (χ4n) is 5.81. The van der Waals surface area contributed by atoms with Crippen LogP contribution >= 0.6 is 0 Å². The van der Waals surface area contributed by atoms with Gasteiger partial charge in [-0.1, -0.05) is 18.1 Å². The van der Waals surface area contributed by atoms with Gasteiger partial charge in [-0.15, -0.1) is 0 Å². The smallest absolute Gasteiger partial charge is 0.416 e. The molecule has 2 saturated carbocycles. The number of aliphatic carboxylic acids is 1. The van der Waals surface area contributed by atoms with E-state index in [4.69, 9.17) is 9.84 Å². The van der Waals surface area contributed by atoms with Gasteiger partial charge in [0.15, 0.2) is 0 Å². The Kier molecular flexibility index (Phi) is 6.12. The van der Waals surface area contributed by atoms with E-state index in [0.29, 0.717) is 12.5 Å². The van der Waals surface area contributed by atoms with Crippen molar-refractivity contribution in [2.75, 3.05) is 6.61 Å². The molecule has 1 aromatic rings. The molecular weight excluding hydrogens is 393 g/mol. The molecule has 3 nitrogen and oxygen atoms in total. The first kappa shape index (κ1) is 21.3. The third-order valence-electron chi connectivity index (χ3n) is 7.22. The van der Waals surface area contributed by atoms with Crippen LogP contribution in [0.15, 0.2) is 29.3 Å². The molecule has 0 saturated heterocycles. The standard InChI is InChI=1S/C24H29F3O3/c25-24(26,27)22-13-19(9-7-16(22)8-10-23(28)29)30-14-18-3-1-2-4-20(18)21-12-15-5-6-17(21)11-15/h7,9,13,15,17,21H,1-6,8,10-12,14H2,(H,28,29). The second-order valence-corrected chi connectivity index (χ2v) is 9.12. The lowest BCUT2D eigenvalue weighted by atomic mass is 9.76. The normalized spacial score (nSPS) is 26.3. The predicted octanol–water partition coefficient (Wildman–Crippen LogP) is 6.41. The lowest BCUT2D eigenvalue weighted by molar-refractivity contribution is -0.140. The molecule has 164 valence electrons. The Labute approximate surface area is 175 Å². The quantitative estimate of drug-likeness (QED) is 0.517. The molecule has 0 amide bonds. The molecule has 0 aromatic heterocycles. The Morgan fingerprint density at radius 3 is 2.60 bits per heavy atom. The summed E-state index contributed by atoms with van der Waals surface area (Å²) in [7, 11) is 0. The van der Waals surface area contributed by atoms with Gasteiger partial charge in [0.05, 0.1) is 5.56 Å². The van der Waals surface area contributed by atoms with Crippen molar-refractivity contribution in [3.63, 3.8) is 0 Å². The maximum Gasteiger partial charge on any atom is 0.416 e. The topological polar surface area (TPSA) is 46.5 Å². The van der Waals surface area contributed by atoms with Gasteiger partial charge in [-0.3, -0.25) is 4.79 Å². The molecule has 2 bridgehead atoms. The van der Waals surface area contributed by atoms with Crippen LogP contribution in [0.1, 0.15) is 68.9 Å². The van der Waals surface area contributed by atoms with Gasteiger partial charge < -0.3 is 9.84 Å². The molecule has 4 rings (SSSR count). The average Bonchev–Trinajstić information content (AvgIpc) is 3.34. The van der Waals surface area contributed by atoms with E-state index < -0.39 is 17.7 Å². The van der Waals surface area contributed by atoms with Gasteiger partial charge in [0.1, 0.15) is 12.4 Å². The Bertz CT molecular complexity index is 827. The first-order chi connectivity index (χ1) is 14.3. The minimum absolute atomic E-state index is 0.00296. The van der Waals surface area contributed by atoms with Crippen LogP contribution in [0.2, 0.25) is 0 Å². The van der Waals surface area contributed by atoms with E-state index in [0.717, 1.165) is 37.2 Å². The van der Waals surface area contributed by atoms with E-state index in [2.05, 4.69) is 0 Å². The van der Waals surface area contributed by atoms with Crippen LogP contribution in [0.3, 0.4) is 0 Å². The van der Waals surface area contributed by atoms with Gasteiger partial charge in [0.2, 0.25) is 0 Å². The van der Waals surface area contributed by atoms with Crippen LogP contribution in [-0.2, 0) is 17.4 Å². The minimum atomic E-state index is -4.54. The Morgan fingerprint density at radius 1 is 1.13 bits per heavy atom. The van der Waals surface area contributed by atoms with E-state index >= 15 is 0 Å². The first-order valence-electron chi connectivity index (χ1n) is 11.1. The number of hydrogen-bond donors (Lipinski definition) is 1. The van der Waals surface area contributed by atoms with Crippen molar-refractivity contribution in [1.29, 1.82) is 0 Å². The fourth-order valence-corrected chi connectivity index (χ4v) is 5.81. The molecular formula is C24H29F3O3. The van der Waals surface area contributed by atoms with Crippen molar-refractivity contribution >= 4 is 5.97 Å². The van der Waals surface area contributed by atoms with Gasteiger partial charge in [-0.25, -0.2) is 0 Å². The number of carboxylic acid groups (broad SMARTS) is 1. The highest BCUT2D eigenvalue weighted by Crippen LogP contribution is 2.53. The van der Waals surface area contributed by atoms with Gasteiger partial charge in [-0.2, -0.15) is 13.2 Å². The second kappa shape index (κ2) is 8.64. The summed E-state index contributed by atoms with van der Waals surface area (Å²) in [5, 5.41) is 8.79. The zero-order valence-electron chi connectivity index (χ0n) is 17.1. The summed E-state index contributed by atoms with van der Waals surface area (Å²) < 4.78 is 46.3. The highest BCUT2D eigenvalue weighted by atomic mass is 19.4. The number of fused-ring (bicyclic) bond motifs is 2. The van der Waals surface area contributed by atoms with Crippen molar-refractivity contribution in [2.24, 2.45) is 17.8 Å². The average molecular weight is 422 g/mol. The molecule has 0 aliphatic heterocycles. The fraction of sp³-hybridized carbons (Fsp3) is 0.625. The number of ether oxygens (including phenoxy) is 1. The van der Waals surface area contributed by atoms with Crippen LogP contribution in [-0.4, -0.2) is 17.7 Å². The molecule has 3 unspecified atom stereocenters. The number of alkyl halides is 3. The van der Waals surface area contributed by atoms with Gasteiger partial charge >= 0.3 is 12.1 Å². The summed E-state index contributed by atoms with van der Waals surface area (Å²) >= 11 is 0. The number of halogens is 3. The molecule has 1 N–H and O–H groups in total. The molecule has 1 aromatic carbocycles. The largest absolute Gasteiger partial charge is 0.489 e. The number of allylic oxidation sites excluding steroid dienone is 1. The highest BCUT2D eigenvalue weighted by molar-refractivity contribution is 5.67. The molecule has 3 atom stereocenters. The molecule has 0 heterocycles. The maximum absolute atomic E-state index is 13.5. The van der Waals surface area contributed by atoms with E-state index in [9.17, 15) is 18.0 Å². The van der Waals surface area contributed by atoms with E-state index in [1.807, 2.05) is 0 Å². The zero-order chi connectivity index (χ0) is 21.3. The molecule has 0 spiro atoms. The monoisotopic (exact) mass is 422 g/mol. The van der Waals surface area contributed by atoms with Crippen LogP contribution in [0.4, 0.5) is 13.2 Å². The number of benzene rings is 1. The third kappa shape index (κ3) is 4.68. The van der Waals surface area contributed by atoms with E-state index in [-0.39, 0.29) is 24.2 Å². The predicted molar refractivity (Wildman–Crippen MR) is 107 cm³/mol. The third-order valence-corrected chi connectivity index (χ3v) is 7.22. The Hall–Kier alpha value is -1.98. The lowest BCUT2D eigenvalue weighted by Gasteiger charge is -2.30. The van der Waals surface area contributed by atoms with Crippen molar-refractivity contribution in [3.05, 3.63) is 40.5 Å². The second-order valence-electron chi connectivity index (χ2n) is 9.12. The summed E-state index contributed by atoms with van der Waals surface area (Å²) in [5.74, 6) is 1.41. The van der Waals surface area contributed by atoms with Gasteiger partial charge in [0, 0.05) is 6.42 Å². The van der Waals surface area contributed by atoms with Crippen molar-refractivity contribution in [3.8, 4) is 5.75 Å². The maximum atomic E-state index is 13.5. The van der Waals surface area contributed by atoms with Gasteiger partial charge in [-0.05, 0) is 92.4 Å². The van der Waals surface area contributed by atoms with Gasteiger partial charge in [0.25, 0.3) is 0 Å². The van der Waals surface area contributed by atoms with Crippen molar-refractivity contribution in [2.45, 2.75) is 70.4 Å². The summed E-state index contributed by atoms with van der Waals surface area (Å²) in [6.45, 7) is 0.356. The number of hydrogen-bond acceptors (Lipinski definition) is 2. The molecule has 3 aliphatic carbocycles. The SMILES string of the molecule is O=C(O)CCc1ccc(OCC2=C(C3CC4CCC3C4)CCCC2)cc1C(F)(F)F. The number of rotatable bonds is 7. The first-order valence-corrected chi connectivity index (χ1v) is 11.1. The summed E-state index contributed by atoms with van der Waals surface area (Å²) in [5.41, 5.74) is 2.02. The number of carbonyl (C=O) groups is 1. The van der Waals surface area contributed by atoms with Crippen LogP contribution < -0.4 is 4.74 Å². The summed E-state index contributed by atoms with van der Waals surface area (Å²) in [6, 6.07) is 3.91. The lowest BCUT2D eigenvalue weighted by Crippen LogP contribution is -2.19. The summed E-state index contributed by atoms with van der Waals surface area (Å²) in [4.78, 5) is 10.8. The summed E-state index contributed by atoms with van der Waals surface area (Å²) in [6.07, 6.45) is 4.68. The highest BCUT2D eigenvalue weighted by Gasteiger charge is 2.42.